The van der Waals surface area contributed by atoms with Crippen LogP contribution in [0.2, 0.25) is 15.1 Å². The molecule has 5 aromatic rings. The van der Waals surface area contributed by atoms with E-state index in [1.807, 2.05) is 48.5 Å². The van der Waals surface area contributed by atoms with Crippen molar-refractivity contribution < 1.29 is 9.53 Å². The molecule has 3 aliphatic rings. The monoisotopic (exact) mass is 737 g/mol. The lowest BCUT2D eigenvalue weighted by molar-refractivity contribution is 0.102. The van der Waals surface area contributed by atoms with Gasteiger partial charge in [-0.15, -0.1) is 0 Å². The number of halogens is 3. The molecule has 10 heteroatoms. The average molecular weight is 739 g/mol. The van der Waals surface area contributed by atoms with Gasteiger partial charge in [-0.1, -0.05) is 84.2 Å². The quantitative estimate of drug-likeness (QED) is 0.162. The first-order valence-corrected chi connectivity index (χ1v) is 18.4. The van der Waals surface area contributed by atoms with E-state index in [0.717, 1.165) is 82.5 Å². The molecule has 0 bridgehead atoms. The molecule has 1 amide bonds. The molecule has 0 radical (unpaired) electrons. The molecule has 0 spiro atoms. The molecule has 2 unspecified atom stereocenters. The number of aromatic amines is 1. The van der Waals surface area contributed by atoms with Gasteiger partial charge in [-0.2, -0.15) is 0 Å². The number of aromatic nitrogens is 1. The number of rotatable bonds is 6. The summed E-state index contributed by atoms with van der Waals surface area (Å²) in [5.74, 6) is 0.519. The van der Waals surface area contributed by atoms with Crippen LogP contribution in [0.1, 0.15) is 65.0 Å². The van der Waals surface area contributed by atoms with Gasteiger partial charge in [-0.25, -0.2) is 0 Å². The zero-order valence-electron chi connectivity index (χ0n) is 28.4. The molecular formula is C41H38Cl3N5O2. The third-order valence-corrected chi connectivity index (χ3v) is 11.1. The fourth-order valence-corrected chi connectivity index (χ4v) is 8.68. The lowest BCUT2D eigenvalue weighted by Crippen LogP contribution is -2.40. The second-order valence-electron chi connectivity index (χ2n) is 13.6. The third-order valence-electron chi connectivity index (χ3n) is 10.4. The van der Waals surface area contributed by atoms with E-state index in [0.29, 0.717) is 32.2 Å². The molecular weight excluding hydrogens is 701 g/mol. The minimum Gasteiger partial charge on any atom is -0.497 e. The molecule has 0 saturated carbocycles. The number of allylic oxidation sites excluding steroid dienone is 2. The predicted octanol–water partition coefficient (Wildman–Crippen LogP) is 10.1. The number of anilines is 2. The van der Waals surface area contributed by atoms with E-state index in [1.165, 1.54) is 0 Å². The highest BCUT2D eigenvalue weighted by Crippen LogP contribution is 2.53. The normalized spacial score (nSPS) is 18.9. The summed E-state index contributed by atoms with van der Waals surface area (Å²) >= 11 is 20.3. The largest absolute Gasteiger partial charge is 0.497 e. The van der Waals surface area contributed by atoms with Crippen molar-refractivity contribution in [3.05, 3.63) is 134 Å². The first-order valence-electron chi connectivity index (χ1n) is 17.3. The van der Waals surface area contributed by atoms with Crippen molar-refractivity contribution in [2.45, 2.75) is 38.3 Å². The Morgan fingerprint density at radius 1 is 0.941 bits per heavy atom. The number of nitrogens with two attached hydrogens (primary N) is 1. The van der Waals surface area contributed by atoms with Crippen LogP contribution in [0.4, 0.5) is 11.4 Å². The lowest BCUT2D eigenvalue weighted by atomic mass is 9.82. The summed E-state index contributed by atoms with van der Waals surface area (Å²) in [6.07, 6.45) is 6.90. The lowest BCUT2D eigenvalue weighted by Gasteiger charge is -2.39. The van der Waals surface area contributed by atoms with E-state index in [4.69, 9.17) is 45.3 Å². The number of fused-ring (bicyclic) bond motifs is 2. The fraction of sp³-hybridized carbons (Fsp3) is 0.244. The van der Waals surface area contributed by atoms with Gasteiger partial charge in [0.25, 0.3) is 5.91 Å². The van der Waals surface area contributed by atoms with Gasteiger partial charge in [0.1, 0.15) is 11.4 Å². The van der Waals surface area contributed by atoms with Crippen LogP contribution in [0.25, 0.3) is 22.2 Å². The van der Waals surface area contributed by atoms with Gasteiger partial charge in [0.15, 0.2) is 0 Å². The van der Waals surface area contributed by atoms with E-state index < -0.39 is 0 Å². The molecule has 1 saturated heterocycles. The van der Waals surface area contributed by atoms with E-state index in [-0.39, 0.29) is 23.9 Å². The van der Waals surface area contributed by atoms with Crippen LogP contribution in [0.5, 0.6) is 5.75 Å². The summed E-state index contributed by atoms with van der Waals surface area (Å²) in [4.78, 5) is 22.9. The number of carbonyl (C=O) groups is 1. The summed E-state index contributed by atoms with van der Waals surface area (Å²) in [5.41, 5.74) is 14.9. The Morgan fingerprint density at radius 2 is 1.73 bits per heavy atom. The van der Waals surface area contributed by atoms with Crippen molar-refractivity contribution in [2.75, 3.05) is 30.4 Å². The van der Waals surface area contributed by atoms with Crippen LogP contribution in [-0.4, -0.2) is 42.0 Å². The van der Waals surface area contributed by atoms with Crippen LogP contribution in [-0.2, 0) is 0 Å². The number of H-pyrrole nitrogens is 1. The van der Waals surface area contributed by atoms with Gasteiger partial charge in [-0.05, 0) is 83.8 Å². The summed E-state index contributed by atoms with van der Waals surface area (Å²) < 4.78 is 5.61. The Balaban J connectivity index is 1.37. The van der Waals surface area contributed by atoms with E-state index in [2.05, 4.69) is 63.6 Å². The highest BCUT2D eigenvalue weighted by Gasteiger charge is 2.40. The Morgan fingerprint density at radius 3 is 2.47 bits per heavy atom. The SMILES string of the molecule is COc1ccc(N2CCC(N)CC2)c(NC(=O)c2[nH]c3cc(Cl)cc4c3c2C2=C(c3ccccc3)C(C)CC=CN2C4c2ccc(Cl)cc2Cl)c1. The molecule has 1 fully saturated rings. The van der Waals surface area contributed by atoms with Gasteiger partial charge in [0.05, 0.1) is 30.2 Å². The molecule has 0 aliphatic carbocycles. The van der Waals surface area contributed by atoms with Gasteiger partial charge in [0, 0.05) is 62.9 Å². The maximum absolute atomic E-state index is 14.8. The van der Waals surface area contributed by atoms with Gasteiger partial charge in [-0.3, -0.25) is 4.79 Å². The first-order chi connectivity index (χ1) is 24.7. The molecule has 4 N–H and O–H groups in total. The summed E-state index contributed by atoms with van der Waals surface area (Å²) in [7, 11) is 1.63. The Hall–Kier alpha value is -4.40. The zero-order valence-corrected chi connectivity index (χ0v) is 30.6. The van der Waals surface area contributed by atoms with Crippen LogP contribution in [0, 0.1) is 5.92 Å². The molecule has 51 heavy (non-hydrogen) atoms. The highest BCUT2D eigenvalue weighted by molar-refractivity contribution is 6.35. The van der Waals surface area contributed by atoms with E-state index in [9.17, 15) is 4.79 Å². The van der Waals surface area contributed by atoms with Crippen molar-refractivity contribution in [3.63, 3.8) is 0 Å². The van der Waals surface area contributed by atoms with Crippen LogP contribution in [0.15, 0.2) is 91.1 Å². The van der Waals surface area contributed by atoms with Crippen molar-refractivity contribution in [1.29, 1.82) is 0 Å². The number of carbonyl (C=O) groups excluding carboxylic acids is 1. The topological polar surface area (TPSA) is 86.6 Å². The number of hydrogen-bond acceptors (Lipinski definition) is 5. The predicted molar refractivity (Wildman–Crippen MR) is 210 cm³/mol. The number of nitrogens with one attached hydrogen (secondary N) is 2. The number of piperidine rings is 1. The molecule has 7 nitrogen and oxygen atoms in total. The second-order valence-corrected chi connectivity index (χ2v) is 14.9. The maximum atomic E-state index is 14.8. The molecule has 2 atom stereocenters. The zero-order chi connectivity index (χ0) is 35.4. The van der Waals surface area contributed by atoms with Crippen LogP contribution < -0.4 is 20.7 Å². The number of nitrogens with zero attached hydrogens (tertiary/aromatic N) is 2. The Bertz CT molecular complexity index is 2220. The van der Waals surface area contributed by atoms with Gasteiger partial charge in [0.2, 0.25) is 0 Å². The van der Waals surface area contributed by atoms with Crippen molar-refractivity contribution >= 4 is 74.3 Å². The Labute approximate surface area is 312 Å². The van der Waals surface area contributed by atoms with Crippen molar-refractivity contribution in [3.8, 4) is 5.75 Å². The average Bonchev–Trinajstić information content (AvgIpc) is 3.41. The maximum Gasteiger partial charge on any atom is 0.272 e. The summed E-state index contributed by atoms with van der Waals surface area (Å²) in [6, 6.07) is 25.6. The number of hydrogen-bond donors (Lipinski definition) is 3. The van der Waals surface area contributed by atoms with Crippen LogP contribution in [0.3, 0.4) is 0 Å². The Kier molecular flexibility index (Phi) is 9.01. The fourth-order valence-electron chi connectivity index (χ4n) is 7.95. The first kappa shape index (κ1) is 33.7. The molecule has 3 aliphatic heterocycles. The van der Waals surface area contributed by atoms with Crippen molar-refractivity contribution in [1.82, 2.24) is 9.88 Å². The standard InChI is InChI=1S/C41H38Cl3N5O2/c1-23-7-6-16-49-39(29-12-10-25(42)20-31(29)44)30-19-26(43)21-33-36(30)37(40(49)35(23)24-8-4-3-5-9-24)38(46-33)41(50)47-32-22-28(51-2)11-13-34(32)48-17-14-27(45)15-18-48/h3-6,8-13,16,19-23,27,39,46H,7,14-15,17-18,45H2,1-2H3,(H,47,50). The molecule has 4 aromatic carbocycles. The summed E-state index contributed by atoms with van der Waals surface area (Å²) in [6.45, 7) is 3.84. The third kappa shape index (κ3) is 6.06. The summed E-state index contributed by atoms with van der Waals surface area (Å²) in [5, 5.41) is 5.87. The smallest absolute Gasteiger partial charge is 0.272 e. The minimum absolute atomic E-state index is 0.134. The van der Waals surface area contributed by atoms with Crippen LogP contribution >= 0.6 is 34.8 Å². The second kappa shape index (κ2) is 13.6. The molecule has 4 heterocycles. The number of amides is 1. The number of methoxy groups -OCH3 is 1. The molecule has 260 valence electrons. The minimum atomic E-state index is -0.346. The van der Waals surface area contributed by atoms with E-state index >= 15 is 0 Å². The number of benzene rings is 4. The van der Waals surface area contributed by atoms with Gasteiger partial charge < -0.3 is 30.6 Å². The molecule has 8 rings (SSSR count). The van der Waals surface area contributed by atoms with Gasteiger partial charge >= 0.3 is 0 Å². The molecule has 1 aromatic heterocycles. The van der Waals surface area contributed by atoms with Crippen molar-refractivity contribution in [2.24, 2.45) is 11.7 Å². The highest BCUT2D eigenvalue weighted by atomic mass is 35.5. The number of ether oxygens (including phenoxy) is 1. The van der Waals surface area contributed by atoms with E-state index in [1.54, 1.807) is 13.2 Å².